The van der Waals surface area contributed by atoms with Crippen LogP contribution in [0, 0.1) is 5.82 Å². The fourth-order valence-electron chi connectivity index (χ4n) is 5.03. The number of carbonyl (C=O) groups excluding carboxylic acids is 1. The van der Waals surface area contributed by atoms with Crippen molar-refractivity contribution in [1.29, 1.82) is 0 Å². The Balaban J connectivity index is 1.35. The molecule has 214 valence electrons. The molecular formula is C30H35FN2O6S. The number of piperidine rings is 1. The molecule has 10 heteroatoms. The fourth-order valence-corrected chi connectivity index (χ4v) is 6.99. The van der Waals surface area contributed by atoms with Gasteiger partial charge in [0, 0.05) is 26.7 Å². The van der Waals surface area contributed by atoms with Crippen LogP contribution in [-0.2, 0) is 25.8 Å². The highest BCUT2D eigenvalue weighted by atomic mass is 32.2. The zero-order valence-corrected chi connectivity index (χ0v) is 23.3. The van der Waals surface area contributed by atoms with Crippen molar-refractivity contribution in [1.82, 2.24) is 10.4 Å². The Hall–Kier alpha value is -3.31. The number of hydrogen-bond donors (Lipinski definition) is 2. The number of benzene rings is 3. The fraction of sp³-hybridized carbons (Fsp3) is 0.367. The van der Waals surface area contributed by atoms with Crippen LogP contribution in [0.25, 0.3) is 11.1 Å². The van der Waals surface area contributed by atoms with Crippen LogP contribution >= 0.6 is 0 Å². The summed E-state index contributed by atoms with van der Waals surface area (Å²) in [6, 6.07) is 20.5. The van der Waals surface area contributed by atoms with E-state index in [9.17, 15) is 22.8 Å². The number of nitrogens with zero attached hydrogens (tertiary/aromatic N) is 1. The van der Waals surface area contributed by atoms with E-state index in [2.05, 4.69) is 6.07 Å². The first-order valence-electron chi connectivity index (χ1n) is 13.3. The first-order valence-corrected chi connectivity index (χ1v) is 14.8. The van der Waals surface area contributed by atoms with Gasteiger partial charge in [-0.3, -0.25) is 10.0 Å². The Morgan fingerprint density at radius 3 is 2.35 bits per heavy atom. The Morgan fingerprint density at radius 1 is 1.00 bits per heavy atom. The van der Waals surface area contributed by atoms with Crippen LogP contribution < -0.4 is 10.2 Å². The number of nitrogens with one attached hydrogen (secondary N) is 1. The van der Waals surface area contributed by atoms with Crippen molar-refractivity contribution in [2.45, 2.75) is 35.3 Å². The first kappa shape index (κ1) is 29.7. The molecule has 0 aromatic heterocycles. The maximum absolute atomic E-state index is 13.6. The van der Waals surface area contributed by atoms with Crippen LogP contribution in [0.15, 0.2) is 77.7 Å². The molecule has 0 spiro atoms. The Kier molecular flexibility index (Phi) is 9.91. The Bertz CT molecular complexity index is 1370. The minimum absolute atomic E-state index is 0.00593. The number of aryl methyl sites for hydroxylation is 1. The van der Waals surface area contributed by atoms with Gasteiger partial charge in [-0.15, -0.1) is 0 Å². The van der Waals surface area contributed by atoms with E-state index in [1.807, 2.05) is 23.1 Å². The molecule has 0 radical (unpaired) electrons. The standard InChI is InChI=1S/C30H35FN2O6S/c1-38-21-19-33-17-15-30(16-18-33,29(34)32-35)40(36,37)28-13-11-27(12-14-28)39-20-3-5-23-4-2-6-25(22-23)24-7-9-26(31)10-8-24/h2,4,6-14,22,35H,3,5,15-21H2,1H3,(H,32,34). The van der Waals surface area contributed by atoms with Crippen molar-refractivity contribution in [3.8, 4) is 16.9 Å². The topological polar surface area (TPSA) is 105 Å². The molecule has 3 aromatic rings. The highest BCUT2D eigenvalue weighted by Gasteiger charge is 2.52. The van der Waals surface area contributed by atoms with E-state index in [1.165, 1.54) is 24.3 Å². The van der Waals surface area contributed by atoms with Crippen molar-refractivity contribution in [2.75, 3.05) is 40.0 Å². The summed E-state index contributed by atoms with van der Waals surface area (Å²) in [6.45, 7) is 2.37. The van der Waals surface area contributed by atoms with Gasteiger partial charge in [-0.2, -0.15) is 0 Å². The molecule has 4 rings (SSSR count). The van der Waals surface area contributed by atoms with Gasteiger partial charge in [0.25, 0.3) is 5.91 Å². The second-order valence-electron chi connectivity index (χ2n) is 9.90. The van der Waals surface area contributed by atoms with Crippen molar-refractivity contribution >= 4 is 15.7 Å². The molecular weight excluding hydrogens is 535 g/mol. The molecule has 0 aliphatic carbocycles. The molecule has 0 bridgehead atoms. The number of hydrogen-bond acceptors (Lipinski definition) is 7. The highest BCUT2D eigenvalue weighted by Crippen LogP contribution is 2.36. The molecule has 2 N–H and O–H groups in total. The molecule has 0 saturated carbocycles. The number of ether oxygens (including phenoxy) is 2. The monoisotopic (exact) mass is 570 g/mol. The number of amides is 1. The van der Waals surface area contributed by atoms with Crippen LogP contribution in [0.4, 0.5) is 4.39 Å². The summed E-state index contributed by atoms with van der Waals surface area (Å²) in [4.78, 5) is 14.7. The quantitative estimate of drug-likeness (QED) is 0.190. The van der Waals surface area contributed by atoms with Gasteiger partial charge in [-0.05, 0) is 78.8 Å². The average molecular weight is 571 g/mol. The SMILES string of the molecule is COCCN1CCC(C(=O)NO)(S(=O)(=O)c2ccc(OCCCc3cccc(-c4ccc(F)cc4)c3)cc2)CC1. The smallest absolute Gasteiger partial charge is 0.265 e. The molecule has 1 heterocycles. The predicted octanol–water partition coefficient (Wildman–Crippen LogP) is 4.26. The van der Waals surface area contributed by atoms with Crippen LogP contribution in [0.1, 0.15) is 24.8 Å². The number of methoxy groups -OCH3 is 1. The lowest BCUT2D eigenvalue weighted by Gasteiger charge is -2.39. The van der Waals surface area contributed by atoms with E-state index in [4.69, 9.17) is 9.47 Å². The summed E-state index contributed by atoms with van der Waals surface area (Å²) in [5, 5.41) is 9.37. The second-order valence-corrected chi connectivity index (χ2v) is 12.2. The van der Waals surface area contributed by atoms with E-state index in [0.29, 0.717) is 38.6 Å². The molecule has 1 amide bonds. The number of rotatable bonds is 12. The predicted molar refractivity (Wildman–Crippen MR) is 149 cm³/mol. The van der Waals surface area contributed by atoms with Crippen LogP contribution in [0.5, 0.6) is 5.75 Å². The maximum atomic E-state index is 13.6. The molecule has 8 nitrogen and oxygen atoms in total. The molecule has 1 saturated heterocycles. The van der Waals surface area contributed by atoms with Crippen LogP contribution in [0.2, 0.25) is 0 Å². The maximum Gasteiger partial charge on any atom is 0.265 e. The summed E-state index contributed by atoms with van der Waals surface area (Å²) in [6.07, 6.45) is 1.64. The summed E-state index contributed by atoms with van der Waals surface area (Å²) in [7, 11) is -2.49. The van der Waals surface area contributed by atoms with E-state index >= 15 is 0 Å². The summed E-state index contributed by atoms with van der Waals surface area (Å²) >= 11 is 0. The van der Waals surface area contributed by atoms with Gasteiger partial charge in [0.1, 0.15) is 11.6 Å². The second kappa shape index (κ2) is 13.4. The van der Waals surface area contributed by atoms with Gasteiger partial charge < -0.3 is 14.4 Å². The number of carbonyl (C=O) groups is 1. The number of hydroxylamine groups is 1. The molecule has 0 unspecified atom stereocenters. The van der Waals surface area contributed by atoms with Crippen molar-refractivity contribution in [3.63, 3.8) is 0 Å². The summed E-state index contributed by atoms with van der Waals surface area (Å²) in [5.74, 6) is -0.659. The minimum Gasteiger partial charge on any atom is -0.494 e. The van der Waals surface area contributed by atoms with Crippen LogP contribution in [-0.4, -0.2) is 69.1 Å². The highest BCUT2D eigenvalue weighted by molar-refractivity contribution is 7.93. The lowest BCUT2D eigenvalue weighted by atomic mass is 9.95. The minimum atomic E-state index is -4.09. The van der Waals surface area contributed by atoms with E-state index in [-0.39, 0.29) is 23.6 Å². The third-order valence-electron chi connectivity index (χ3n) is 7.42. The van der Waals surface area contributed by atoms with E-state index < -0.39 is 20.5 Å². The average Bonchev–Trinajstić information content (AvgIpc) is 2.98. The van der Waals surface area contributed by atoms with Gasteiger partial charge in [0.05, 0.1) is 18.1 Å². The van der Waals surface area contributed by atoms with Crippen molar-refractivity contribution in [2.24, 2.45) is 0 Å². The van der Waals surface area contributed by atoms with E-state index in [0.717, 1.165) is 29.5 Å². The molecule has 1 aliphatic rings. The number of sulfone groups is 1. The lowest BCUT2D eigenvalue weighted by Crippen LogP contribution is -2.57. The molecule has 3 aromatic carbocycles. The van der Waals surface area contributed by atoms with E-state index in [1.54, 1.807) is 36.9 Å². The molecule has 0 atom stereocenters. The number of halogens is 1. The largest absolute Gasteiger partial charge is 0.494 e. The summed E-state index contributed by atoms with van der Waals surface area (Å²) in [5.41, 5.74) is 4.68. The molecule has 1 aliphatic heterocycles. The Labute approximate surface area is 234 Å². The van der Waals surface area contributed by atoms with Gasteiger partial charge in [0.15, 0.2) is 14.6 Å². The van der Waals surface area contributed by atoms with Gasteiger partial charge in [0.2, 0.25) is 0 Å². The van der Waals surface area contributed by atoms with Crippen molar-refractivity contribution < 1.29 is 32.3 Å². The Morgan fingerprint density at radius 2 is 1.70 bits per heavy atom. The molecule has 40 heavy (non-hydrogen) atoms. The summed E-state index contributed by atoms with van der Waals surface area (Å²) < 4.78 is 49.7. The lowest BCUT2D eigenvalue weighted by molar-refractivity contribution is -0.133. The third kappa shape index (κ3) is 6.69. The zero-order chi connectivity index (χ0) is 28.6. The third-order valence-corrected chi connectivity index (χ3v) is 9.94. The normalized spacial score (nSPS) is 15.5. The van der Waals surface area contributed by atoms with Crippen LogP contribution in [0.3, 0.4) is 0 Å². The van der Waals surface area contributed by atoms with Gasteiger partial charge in [-0.25, -0.2) is 18.3 Å². The van der Waals surface area contributed by atoms with Gasteiger partial charge in [-0.1, -0.05) is 36.4 Å². The molecule has 1 fully saturated rings. The zero-order valence-electron chi connectivity index (χ0n) is 22.5. The van der Waals surface area contributed by atoms with Gasteiger partial charge >= 0.3 is 0 Å². The number of likely N-dealkylation sites (tertiary alicyclic amines) is 1. The van der Waals surface area contributed by atoms with Crippen molar-refractivity contribution in [3.05, 3.63) is 84.2 Å². The first-order chi connectivity index (χ1) is 19.3.